The molecular formula is C12H23ClN4O2S. The molecule has 0 unspecified atom stereocenters. The maximum atomic E-state index is 12.7. The number of halogens is 1. The summed E-state index contributed by atoms with van der Waals surface area (Å²) in [5.41, 5.74) is 0.918. The van der Waals surface area contributed by atoms with Crippen molar-refractivity contribution in [2.45, 2.75) is 31.0 Å². The quantitative estimate of drug-likeness (QED) is 0.735. The highest BCUT2D eigenvalue weighted by Crippen LogP contribution is 2.23. The van der Waals surface area contributed by atoms with E-state index in [0.29, 0.717) is 24.5 Å². The van der Waals surface area contributed by atoms with Crippen LogP contribution >= 0.6 is 11.6 Å². The Hall–Kier alpha value is -0.630. The van der Waals surface area contributed by atoms with E-state index in [1.807, 2.05) is 25.9 Å². The van der Waals surface area contributed by atoms with Gasteiger partial charge in [0.15, 0.2) is 0 Å². The van der Waals surface area contributed by atoms with Crippen molar-refractivity contribution in [2.75, 3.05) is 33.7 Å². The number of sulfonamides is 1. The van der Waals surface area contributed by atoms with Crippen LogP contribution in [0.15, 0.2) is 4.90 Å². The molecule has 0 atom stereocenters. The summed E-state index contributed by atoms with van der Waals surface area (Å²) >= 11 is 5.77. The Morgan fingerprint density at radius 2 is 1.95 bits per heavy atom. The van der Waals surface area contributed by atoms with Crippen LogP contribution in [0.1, 0.15) is 24.7 Å². The Kier molecular flexibility index (Phi) is 6.44. The van der Waals surface area contributed by atoms with Crippen molar-refractivity contribution in [3.05, 3.63) is 11.4 Å². The molecule has 0 radical (unpaired) electrons. The Morgan fingerprint density at radius 1 is 1.30 bits per heavy atom. The van der Waals surface area contributed by atoms with E-state index in [2.05, 4.69) is 10.2 Å². The van der Waals surface area contributed by atoms with E-state index >= 15 is 0 Å². The number of H-pyrrole nitrogens is 1. The molecule has 1 rings (SSSR count). The normalized spacial score (nSPS) is 12.6. The van der Waals surface area contributed by atoms with Crippen molar-refractivity contribution in [3.8, 4) is 0 Å². The number of rotatable bonds is 8. The number of aromatic nitrogens is 2. The molecule has 0 aliphatic rings. The fourth-order valence-corrected chi connectivity index (χ4v) is 4.13. The van der Waals surface area contributed by atoms with Crippen molar-refractivity contribution < 1.29 is 8.42 Å². The second-order valence-electron chi connectivity index (χ2n) is 4.91. The van der Waals surface area contributed by atoms with Crippen molar-refractivity contribution in [1.82, 2.24) is 19.4 Å². The highest BCUT2D eigenvalue weighted by atomic mass is 35.5. The monoisotopic (exact) mass is 322 g/mol. The van der Waals surface area contributed by atoms with Crippen LogP contribution in [0.25, 0.3) is 0 Å². The Bertz CT molecular complexity index is 528. The van der Waals surface area contributed by atoms with Crippen molar-refractivity contribution >= 4 is 21.6 Å². The number of aryl methyl sites for hydroxylation is 1. The van der Waals surface area contributed by atoms with Gasteiger partial charge in [0.25, 0.3) is 0 Å². The van der Waals surface area contributed by atoms with Gasteiger partial charge in [-0.3, -0.25) is 5.10 Å². The lowest BCUT2D eigenvalue weighted by molar-refractivity contribution is 0.356. The summed E-state index contributed by atoms with van der Waals surface area (Å²) in [6.45, 7) is 5.30. The summed E-state index contributed by atoms with van der Waals surface area (Å²) in [7, 11) is 0.395. The lowest BCUT2D eigenvalue weighted by Gasteiger charge is -2.21. The van der Waals surface area contributed by atoms with Gasteiger partial charge in [0.2, 0.25) is 10.0 Å². The molecule has 0 aliphatic carbocycles. The topological polar surface area (TPSA) is 69.3 Å². The van der Waals surface area contributed by atoms with Crippen LogP contribution in [0.3, 0.4) is 0 Å². The lowest BCUT2D eigenvalue weighted by Crippen LogP contribution is -2.34. The molecule has 20 heavy (non-hydrogen) atoms. The number of hydrogen-bond donors (Lipinski definition) is 1. The minimum Gasteiger partial charge on any atom is -0.309 e. The van der Waals surface area contributed by atoms with Gasteiger partial charge in [-0.05, 0) is 34.0 Å². The molecule has 6 nitrogen and oxygen atoms in total. The fraction of sp³-hybridized carbons (Fsp3) is 0.750. The summed E-state index contributed by atoms with van der Waals surface area (Å²) in [5.74, 6) is 0.0775. The summed E-state index contributed by atoms with van der Waals surface area (Å²) in [5, 5.41) is 6.65. The molecule has 0 aliphatic heterocycles. The Balaban J connectivity index is 2.97. The summed E-state index contributed by atoms with van der Waals surface area (Å²) < 4.78 is 26.9. The number of nitrogens with zero attached hydrogens (tertiary/aromatic N) is 3. The average Bonchev–Trinajstić information content (AvgIpc) is 2.75. The molecular weight excluding hydrogens is 300 g/mol. The van der Waals surface area contributed by atoms with Crippen LogP contribution in [0.2, 0.25) is 0 Å². The first-order valence-corrected chi connectivity index (χ1v) is 8.56. The summed E-state index contributed by atoms with van der Waals surface area (Å²) in [6, 6.07) is 0. The van der Waals surface area contributed by atoms with Gasteiger partial charge in [0.05, 0.1) is 17.3 Å². The van der Waals surface area contributed by atoms with E-state index in [9.17, 15) is 8.42 Å². The average molecular weight is 323 g/mol. The maximum Gasteiger partial charge on any atom is 0.246 e. The molecule has 1 aromatic rings. The van der Waals surface area contributed by atoms with Crippen molar-refractivity contribution in [3.63, 3.8) is 0 Å². The molecule has 116 valence electrons. The highest BCUT2D eigenvalue weighted by Gasteiger charge is 2.29. The zero-order valence-electron chi connectivity index (χ0n) is 12.5. The van der Waals surface area contributed by atoms with Crippen LogP contribution in [0.4, 0.5) is 0 Å². The summed E-state index contributed by atoms with van der Waals surface area (Å²) in [6.07, 6.45) is 0.785. The van der Waals surface area contributed by atoms with Gasteiger partial charge in [-0.15, -0.1) is 11.6 Å². The largest absolute Gasteiger partial charge is 0.309 e. The zero-order chi connectivity index (χ0) is 15.3. The first-order valence-electron chi connectivity index (χ1n) is 6.59. The Labute approximate surface area is 126 Å². The highest BCUT2D eigenvalue weighted by molar-refractivity contribution is 7.89. The van der Waals surface area contributed by atoms with Crippen LogP contribution < -0.4 is 0 Å². The third-order valence-corrected chi connectivity index (χ3v) is 5.48. The van der Waals surface area contributed by atoms with E-state index in [1.165, 1.54) is 4.31 Å². The molecule has 0 aromatic carbocycles. The number of aromatic amines is 1. The maximum absolute atomic E-state index is 12.7. The van der Waals surface area contributed by atoms with Gasteiger partial charge < -0.3 is 4.90 Å². The van der Waals surface area contributed by atoms with E-state index in [-0.39, 0.29) is 10.8 Å². The van der Waals surface area contributed by atoms with Crippen molar-refractivity contribution in [2.24, 2.45) is 0 Å². The molecule has 0 bridgehead atoms. The van der Waals surface area contributed by atoms with Crippen molar-refractivity contribution in [1.29, 1.82) is 0 Å². The second-order valence-corrected chi connectivity index (χ2v) is 7.05. The Morgan fingerprint density at radius 3 is 2.45 bits per heavy atom. The fourth-order valence-electron chi connectivity index (χ4n) is 2.04. The van der Waals surface area contributed by atoms with Gasteiger partial charge >= 0.3 is 0 Å². The van der Waals surface area contributed by atoms with Gasteiger partial charge in [-0.2, -0.15) is 9.40 Å². The van der Waals surface area contributed by atoms with Crippen LogP contribution in [0.5, 0.6) is 0 Å². The van der Waals surface area contributed by atoms with Gasteiger partial charge in [-0.1, -0.05) is 6.92 Å². The smallest absolute Gasteiger partial charge is 0.246 e. The molecule has 0 spiro atoms. The lowest BCUT2D eigenvalue weighted by atomic mass is 10.4. The van der Waals surface area contributed by atoms with E-state index in [4.69, 9.17) is 11.6 Å². The summed E-state index contributed by atoms with van der Waals surface area (Å²) in [4.78, 5) is 2.26. The third kappa shape index (κ3) is 3.94. The van der Waals surface area contributed by atoms with Crippen LogP contribution in [0, 0.1) is 6.92 Å². The van der Waals surface area contributed by atoms with Gasteiger partial charge in [0, 0.05) is 13.1 Å². The van der Waals surface area contributed by atoms with E-state index in [0.717, 1.165) is 13.0 Å². The standard InChI is InChI=1S/C12H23ClN4O2S/c1-5-17(8-6-7-16(3)4)20(18,19)12-10(2)14-15-11(12)9-13/h5-9H2,1-4H3,(H,14,15). The van der Waals surface area contributed by atoms with Crippen LogP contribution in [-0.2, 0) is 15.9 Å². The van der Waals surface area contributed by atoms with E-state index in [1.54, 1.807) is 6.92 Å². The zero-order valence-corrected chi connectivity index (χ0v) is 14.1. The second kappa shape index (κ2) is 7.40. The molecule has 1 aromatic heterocycles. The number of nitrogens with one attached hydrogen (secondary N) is 1. The molecule has 0 saturated carbocycles. The molecule has 1 heterocycles. The molecule has 1 N–H and O–H groups in total. The predicted octanol–water partition coefficient (Wildman–Crippen LogP) is 1.42. The van der Waals surface area contributed by atoms with Gasteiger partial charge in [0.1, 0.15) is 4.90 Å². The molecule has 8 heteroatoms. The SMILES string of the molecule is CCN(CCCN(C)C)S(=O)(=O)c1c(CCl)n[nH]c1C. The number of alkyl halides is 1. The van der Waals surface area contributed by atoms with Crippen LogP contribution in [-0.4, -0.2) is 61.5 Å². The predicted molar refractivity (Wildman–Crippen MR) is 80.5 cm³/mol. The first kappa shape index (κ1) is 17.4. The molecule has 0 amide bonds. The number of hydrogen-bond acceptors (Lipinski definition) is 4. The third-order valence-electron chi connectivity index (χ3n) is 3.05. The minimum absolute atomic E-state index is 0.0775. The van der Waals surface area contributed by atoms with Gasteiger partial charge in [-0.25, -0.2) is 8.42 Å². The van der Waals surface area contributed by atoms with E-state index < -0.39 is 10.0 Å². The molecule has 0 fully saturated rings. The minimum atomic E-state index is -3.54. The molecule has 0 saturated heterocycles. The first-order chi connectivity index (χ1) is 9.34.